The molecule has 0 fully saturated rings. The zero-order valence-corrected chi connectivity index (χ0v) is 12.4. The van der Waals surface area contributed by atoms with Gasteiger partial charge in [-0.15, -0.1) is 0 Å². The van der Waals surface area contributed by atoms with Gasteiger partial charge in [-0.25, -0.2) is 4.79 Å². The van der Waals surface area contributed by atoms with E-state index >= 15 is 0 Å². The summed E-state index contributed by atoms with van der Waals surface area (Å²) in [7, 11) is 0. The van der Waals surface area contributed by atoms with Crippen molar-refractivity contribution in [3.63, 3.8) is 0 Å². The number of rotatable bonds is 5. The Morgan fingerprint density at radius 2 is 2.05 bits per heavy atom. The standard InChI is InChI=1S/C14H22N2O4/c1-5-19-12(17)10-15-9-11-7-6-8-16(11)13(18)20-14(2,3)4/h6-8,15H,5,9-10H2,1-4H3. The van der Waals surface area contributed by atoms with Crippen molar-refractivity contribution >= 4 is 12.1 Å². The summed E-state index contributed by atoms with van der Waals surface area (Å²) < 4.78 is 11.5. The number of hydrogen-bond acceptors (Lipinski definition) is 5. The van der Waals surface area contributed by atoms with Gasteiger partial charge in [-0.2, -0.15) is 0 Å². The van der Waals surface area contributed by atoms with E-state index in [1.807, 2.05) is 20.8 Å². The minimum Gasteiger partial charge on any atom is -0.465 e. The molecule has 0 bridgehead atoms. The second-order valence-corrected chi connectivity index (χ2v) is 5.26. The molecular weight excluding hydrogens is 260 g/mol. The molecule has 1 aromatic rings. The van der Waals surface area contributed by atoms with Crippen molar-refractivity contribution in [2.24, 2.45) is 0 Å². The number of carbonyl (C=O) groups excluding carboxylic acids is 2. The van der Waals surface area contributed by atoms with Crippen molar-refractivity contribution in [1.29, 1.82) is 0 Å². The SMILES string of the molecule is CCOC(=O)CNCc1cccn1C(=O)OC(C)(C)C. The zero-order chi connectivity index (χ0) is 15.2. The number of ether oxygens (including phenoxy) is 2. The Balaban J connectivity index is 2.54. The number of aromatic nitrogens is 1. The maximum absolute atomic E-state index is 12.0. The zero-order valence-electron chi connectivity index (χ0n) is 12.4. The molecule has 0 atom stereocenters. The number of nitrogens with one attached hydrogen (secondary N) is 1. The number of nitrogens with zero attached hydrogens (tertiary/aromatic N) is 1. The molecule has 0 saturated heterocycles. The van der Waals surface area contributed by atoms with Crippen LogP contribution in [0.1, 0.15) is 33.4 Å². The normalized spacial score (nSPS) is 11.2. The van der Waals surface area contributed by atoms with Crippen LogP contribution in [0, 0.1) is 0 Å². The lowest BCUT2D eigenvalue weighted by Gasteiger charge is -2.20. The van der Waals surface area contributed by atoms with Crippen molar-refractivity contribution in [2.45, 2.75) is 39.8 Å². The van der Waals surface area contributed by atoms with Crippen LogP contribution in [-0.2, 0) is 20.8 Å². The van der Waals surface area contributed by atoms with Crippen molar-refractivity contribution in [3.8, 4) is 0 Å². The summed E-state index contributed by atoms with van der Waals surface area (Å²) in [6, 6.07) is 3.55. The van der Waals surface area contributed by atoms with Crippen molar-refractivity contribution in [2.75, 3.05) is 13.2 Å². The van der Waals surface area contributed by atoms with E-state index < -0.39 is 11.7 Å². The first kappa shape index (κ1) is 16.2. The van der Waals surface area contributed by atoms with Gasteiger partial charge in [0.25, 0.3) is 0 Å². The molecular formula is C14H22N2O4. The molecule has 0 aromatic carbocycles. The topological polar surface area (TPSA) is 69.6 Å². The van der Waals surface area contributed by atoms with Crippen molar-refractivity contribution in [1.82, 2.24) is 9.88 Å². The lowest BCUT2D eigenvalue weighted by molar-refractivity contribution is -0.142. The van der Waals surface area contributed by atoms with Gasteiger partial charge >= 0.3 is 12.1 Å². The molecule has 1 rings (SSSR count). The third kappa shape index (κ3) is 5.44. The molecule has 0 aliphatic carbocycles. The van der Waals surface area contributed by atoms with Gasteiger partial charge in [0.1, 0.15) is 5.60 Å². The van der Waals surface area contributed by atoms with Crippen molar-refractivity contribution < 1.29 is 19.1 Å². The third-order valence-corrected chi connectivity index (χ3v) is 2.30. The molecule has 1 aromatic heterocycles. The Morgan fingerprint density at radius 3 is 2.65 bits per heavy atom. The molecule has 1 heterocycles. The first-order chi connectivity index (χ1) is 9.33. The molecule has 0 spiro atoms. The van der Waals surface area contributed by atoms with Gasteiger partial charge in [0.05, 0.1) is 13.2 Å². The minimum atomic E-state index is -0.545. The molecule has 112 valence electrons. The fourth-order valence-corrected chi connectivity index (χ4v) is 1.55. The summed E-state index contributed by atoms with van der Waals surface area (Å²) in [5, 5.41) is 2.93. The maximum atomic E-state index is 12.0. The Morgan fingerprint density at radius 1 is 1.35 bits per heavy atom. The van der Waals surface area contributed by atoms with E-state index in [1.165, 1.54) is 4.57 Å². The van der Waals surface area contributed by atoms with Gasteiger partial charge in [0.2, 0.25) is 0 Å². The molecule has 0 saturated carbocycles. The van der Waals surface area contributed by atoms with E-state index in [0.29, 0.717) is 13.2 Å². The van der Waals surface area contributed by atoms with Crippen LogP contribution in [0.4, 0.5) is 4.79 Å². The van der Waals surface area contributed by atoms with E-state index in [0.717, 1.165) is 5.69 Å². The van der Waals surface area contributed by atoms with Crippen LogP contribution in [0.2, 0.25) is 0 Å². The van der Waals surface area contributed by atoms with Crippen LogP contribution < -0.4 is 5.32 Å². The summed E-state index contributed by atoms with van der Waals surface area (Å²) in [5.74, 6) is -0.317. The van der Waals surface area contributed by atoms with Crippen LogP contribution in [0.5, 0.6) is 0 Å². The summed E-state index contributed by atoms with van der Waals surface area (Å²) in [4.78, 5) is 23.2. The second-order valence-electron chi connectivity index (χ2n) is 5.26. The number of hydrogen-bond donors (Lipinski definition) is 1. The molecule has 0 unspecified atom stereocenters. The van der Waals surface area contributed by atoms with E-state index in [4.69, 9.17) is 9.47 Å². The van der Waals surface area contributed by atoms with Gasteiger partial charge in [-0.3, -0.25) is 9.36 Å². The Labute approximate surface area is 119 Å². The molecule has 6 heteroatoms. The fraction of sp³-hybridized carbons (Fsp3) is 0.571. The average Bonchev–Trinajstić information content (AvgIpc) is 2.75. The maximum Gasteiger partial charge on any atom is 0.418 e. The summed E-state index contributed by atoms with van der Waals surface area (Å²) in [6.45, 7) is 8.03. The molecule has 0 aliphatic heterocycles. The molecule has 20 heavy (non-hydrogen) atoms. The molecule has 6 nitrogen and oxygen atoms in total. The van der Waals surface area contributed by atoms with Gasteiger partial charge in [-0.1, -0.05) is 0 Å². The summed E-state index contributed by atoms with van der Waals surface area (Å²) >= 11 is 0. The highest BCUT2D eigenvalue weighted by Gasteiger charge is 2.19. The van der Waals surface area contributed by atoms with E-state index in [1.54, 1.807) is 25.3 Å². The quantitative estimate of drug-likeness (QED) is 0.836. The van der Waals surface area contributed by atoms with E-state index in [2.05, 4.69) is 5.32 Å². The predicted molar refractivity (Wildman–Crippen MR) is 74.4 cm³/mol. The van der Waals surface area contributed by atoms with Gasteiger partial charge in [0, 0.05) is 18.4 Å². The average molecular weight is 282 g/mol. The Kier molecular flexibility index (Phi) is 5.76. The Hall–Kier alpha value is -1.82. The van der Waals surface area contributed by atoms with Crippen LogP contribution >= 0.6 is 0 Å². The first-order valence-corrected chi connectivity index (χ1v) is 6.59. The van der Waals surface area contributed by atoms with Crippen LogP contribution in [0.15, 0.2) is 18.3 Å². The van der Waals surface area contributed by atoms with E-state index in [9.17, 15) is 9.59 Å². The first-order valence-electron chi connectivity index (χ1n) is 6.59. The molecule has 0 radical (unpaired) electrons. The van der Waals surface area contributed by atoms with Gasteiger partial charge in [0.15, 0.2) is 0 Å². The number of carbonyl (C=O) groups is 2. The van der Waals surface area contributed by atoms with Crippen LogP contribution in [0.3, 0.4) is 0 Å². The number of esters is 1. The summed E-state index contributed by atoms with van der Waals surface area (Å²) in [6.07, 6.45) is 1.20. The van der Waals surface area contributed by atoms with Crippen molar-refractivity contribution in [3.05, 3.63) is 24.0 Å². The fourth-order valence-electron chi connectivity index (χ4n) is 1.55. The lowest BCUT2D eigenvalue weighted by atomic mass is 10.2. The third-order valence-electron chi connectivity index (χ3n) is 2.30. The monoisotopic (exact) mass is 282 g/mol. The largest absolute Gasteiger partial charge is 0.465 e. The van der Waals surface area contributed by atoms with Crippen LogP contribution in [-0.4, -0.2) is 35.4 Å². The molecule has 1 N–H and O–H groups in total. The van der Waals surface area contributed by atoms with E-state index in [-0.39, 0.29) is 12.5 Å². The Bertz CT molecular complexity index is 460. The highest BCUT2D eigenvalue weighted by molar-refractivity contribution is 5.72. The smallest absolute Gasteiger partial charge is 0.418 e. The van der Waals surface area contributed by atoms with Crippen LogP contribution in [0.25, 0.3) is 0 Å². The van der Waals surface area contributed by atoms with Gasteiger partial charge < -0.3 is 14.8 Å². The molecule has 0 amide bonds. The minimum absolute atomic E-state index is 0.105. The van der Waals surface area contributed by atoms with Gasteiger partial charge in [-0.05, 0) is 39.8 Å². The lowest BCUT2D eigenvalue weighted by Crippen LogP contribution is -2.30. The summed E-state index contributed by atoms with van der Waals surface area (Å²) in [5.41, 5.74) is 0.181. The highest BCUT2D eigenvalue weighted by atomic mass is 16.6. The predicted octanol–water partition coefficient (Wildman–Crippen LogP) is 1.92. The second kappa shape index (κ2) is 7.09. The highest BCUT2D eigenvalue weighted by Crippen LogP contribution is 2.11. The molecule has 0 aliphatic rings.